The molecule has 4 aliphatic rings. The van der Waals surface area contributed by atoms with Gasteiger partial charge in [-0.3, -0.25) is 24.0 Å². The number of likely N-dealkylation sites (tertiary alicyclic amines) is 2. The van der Waals surface area contributed by atoms with Crippen molar-refractivity contribution in [2.45, 2.75) is 129 Å². The van der Waals surface area contributed by atoms with Crippen LogP contribution in [0.5, 0.6) is 0 Å². The zero-order chi connectivity index (χ0) is 45.4. The Labute approximate surface area is 366 Å². The summed E-state index contributed by atoms with van der Waals surface area (Å²) in [5.74, 6) is -3.78. The van der Waals surface area contributed by atoms with E-state index < -0.39 is 71.4 Å². The number of ether oxygens (including phenoxy) is 2. The molecule has 2 aliphatic carbocycles. The molecule has 2 saturated heterocycles. The number of likely N-dealkylation sites (N-methyl/N-ethyl adjacent to an activating group) is 1. The molecule has 6 atom stereocenters. The third-order valence-electron chi connectivity index (χ3n) is 13.2. The van der Waals surface area contributed by atoms with Crippen molar-refractivity contribution in [2.75, 3.05) is 33.2 Å². The van der Waals surface area contributed by atoms with E-state index in [0.717, 1.165) is 24.8 Å². The molecule has 0 spiro atoms. The number of piperidine rings is 2. The Morgan fingerprint density at radius 1 is 0.919 bits per heavy atom. The predicted octanol–water partition coefficient (Wildman–Crippen LogP) is 5.14. The summed E-state index contributed by atoms with van der Waals surface area (Å²) in [6, 6.07) is 5.28. The second-order valence-electron chi connectivity index (χ2n) is 19.0. The highest BCUT2D eigenvalue weighted by molar-refractivity contribution is 6.38. The summed E-state index contributed by atoms with van der Waals surface area (Å²) >= 11 is 0. The van der Waals surface area contributed by atoms with Gasteiger partial charge in [-0.15, -0.1) is 13.2 Å². The number of benzene rings is 1. The number of fused-ring (bicyclic) bond motifs is 1. The van der Waals surface area contributed by atoms with Crippen molar-refractivity contribution >= 4 is 41.6 Å². The minimum atomic E-state index is -1.14. The van der Waals surface area contributed by atoms with Gasteiger partial charge < -0.3 is 40.1 Å². The highest BCUT2D eigenvalue weighted by Crippen LogP contribution is 2.65. The number of carbonyl (C=O) groups is 7. The number of amides is 6. The molecule has 15 heteroatoms. The highest BCUT2D eigenvalue weighted by Gasteiger charge is 2.70. The number of nitrogens with zero attached hydrogens (tertiary/aromatic N) is 3. The molecule has 2 heterocycles. The van der Waals surface area contributed by atoms with Crippen LogP contribution in [0.3, 0.4) is 0 Å². The van der Waals surface area contributed by atoms with Gasteiger partial charge in [0, 0.05) is 33.2 Å². The Hall–Kier alpha value is -5.21. The number of hydrogen-bond acceptors (Lipinski definition) is 9. The monoisotopic (exact) mass is 861 g/mol. The molecule has 2 saturated carbocycles. The van der Waals surface area contributed by atoms with Crippen LogP contribution in [0.4, 0.5) is 9.59 Å². The van der Waals surface area contributed by atoms with Crippen molar-refractivity contribution in [1.82, 2.24) is 30.7 Å². The van der Waals surface area contributed by atoms with Gasteiger partial charge in [-0.25, -0.2) is 9.59 Å². The third-order valence-corrected chi connectivity index (χ3v) is 13.2. The van der Waals surface area contributed by atoms with Gasteiger partial charge in [-0.05, 0) is 93.9 Å². The molecule has 2 aliphatic heterocycles. The van der Waals surface area contributed by atoms with Crippen molar-refractivity contribution in [2.24, 2.45) is 29.1 Å². The third kappa shape index (κ3) is 11.6. The summed E-state index contributed by atoms with van der Waals surface area (Å²) in [4.78, 5) is 102. The van der Waals surface area contributed by atoms with E-state index in [1.54, 1.807) is 43.7 Å². The maximum Gasteiger partial charge on any atom is 0.410 e. The van der Waals surface area contributed by atoms with Gasteiger partial charge in [0.1, 0.15) is 30.3 Å². The lowest BCUT2D eigenvalue weighted by Gasteiger charge is -2.42. The van der Waals surface area contributed by atoms with Crippen LogP contribution in [0.15, 0.2) is 55.6 Å². The van der Waals surface area contributed by atoms with Gasteiger partial charge >= 0.3 is 12.2 Å². The summed E-state index contributed by atoms with van der Waals surface area (Å²) in [6.45, 7) is 17.7. The van der Waals surface area contributed by atoms with Gasteiger partial charge in [0.25, 0.3) is 5.91 Å². The van der Waals surface area contributed by atoms with Crippen LogP contribution in [-0.2, 0) is 40.1 Å². The zero-order valence-electron chi connectivity index (χ0n) is 37.5. The Morgan fingerprint density at radius 3 is 2.19 bits per heavy atom. The smallest absolute Gasteiger partial charge is 0.410 e. The molecular weight excluding hydrogens is 793 g/mol. The predicted molar refractivity (Wildman–Crippen MR) is 233 cm³/mol. The standard InChI is InChI=1S/C47H68N6O9/c1-9-11-22-34(39(54)41(56)48-25-10-2)49-40(55)38-35-33(47(35,6)7)28-53(38)43(58)37(32-20-16-13-17-21-32)51(8)42(57)36(50-44(59)62-46(3,4)5)31-23-26-52(27-24-31)45(60)61-29-30-18-14-12-15-19-30/h9-10,12,14-15,18-19,31-38H,1-2,11,13,16-17,20-29H2,3-8H3,(H,48,56)(H,49,55)(H,50,59)/t33?,34-,35+,36?,37+,38+/m1/s1. The first-order valence-electron chi connectivity index (χ1n) is 22.3. The fourth-order valence-electron chi connectivity index (χ4n) is 9.74. The van der Waals surface area contributed by atoms with Crippen LogP contribution < -0.4 is 16.0 Å². The van der Waals surface area contributed by atoms with Crippen molar-refractivity contribution in [1.29, 1.82) is 0 Å². The molecule has 2 unspecified atom stereocenters. The van der Waals surface area contributed by atoms with E-state index in [1.807, 2.05) is 30.3 Å². The van der Waals surface area contributed by atoms with Crippen LogP contribution >= 0.6 is 0 Å². The second kappa shape index (κ2) is 20.8. The SMILES string of the molecule is C=CCC[C@@H](NC(=O)[C@@H]1[C@@H]2C(CN1C(=O)[C@H](C1CCCCC1)N(C)C(=O)C(NC(=O)OC(C)(C)C)C1CCN(C(=O)OCc3ccccc3)CC1)C2(C)C)C(=O)C(=O)NCC=C. The summed E-state index contributed by atoms with van der Waals surface area (Å²) in [7, 11) is 1.60. The molecule has 1 aromatic carbocycles. The van der Waals surface area contributed by atoms with Crippen LogP contribution in [0.2, 0.25) is 0 Å². The van der Waals surface area contributed by atoms with Crippen LogP contribution in [0.25, 0.3) is 0 Å². The molecular formula is C47H68N6O9. The number of rotatable bonds is 17. The number of alkyl carbamates (subject to hydrolysis) is 1. The molecule has 340 valence electrons. The fourth-order valence-corrected chi connectivity index (χ4v) is 9.74. The molecule has 4 fully saturated rings. The minimum Gasteiger partial charge on any atom is -0.445 e. The summed E-state index contributed by atoms with van der Waals surface area (Å²) in [5, 5.41) is 8.18. The molecule has 3 N–H and O–H groups in total. The molecule has 1 aromatic rings. The normalized spacial score (nSPS) is 22.5. The van der Waals surface area contributed by atoms with E-state index in [9.17, 15) is 28.8 Å². The highest BCUT2D eigenvalue weighted by atomic mass is 16.6. The first-order chi connectivity index (χ1) is 29.4. The number of hydrogen-bond donors (Lipinski definition) is 3. The van der Waals surface area contributed by atoms with E-state index in [-0.39, 0.29) is 48.6 Å². The Kier molecular flexibility index (Phi) is 16.0. The van der Waals surface area contributed by atoms with Gasteiger partial charge in [-0.1, -0.05) is 75.6 Å². The largest absolute Gasteiger partial charge is 0.445 e. The first-order valence-corrected chi connectivity index (χ1v) is 22.3. The second-order valence-corrected chi connectivity index (χ2v) is 19.0. The average Bonchev–Trinajstić information content (AvgIpc) is 3.53. The average molecular weight is 861 g/mol. The number of carbonyl (C=O) groups excluding carboxylic acids is 7. The van der Waals surface area contributed by atoms with E-state index in [2.05, 4.69) is 43.0 Å². The lowest BCUT2D eigenvalue weighted by molar-refractivity contribution is -0.153. The van der Waals surface area contributed by atoms with Gasteiger partial charge in [0.2, 0.25) is 23.5 Å². The van der Waals surface area contributed by atoms with Gasteiger partial charge in [0.15, 0.2) is 0 Å². The summed E-state index contributed by atoms with van der Waals surface area (Å²) in [5.41, 5.74) is -0.240. The number of allylic oxidation sites excluding steroid dienone is 1. The Morgan fingerprint density at radius 2 is 1.58 bits per heavy atom. The number of Topliss-reactive ketones (excluding diaryl/α,β-unsaturated/α-hetero) is 1. The molecule has 15 nitrogen and oxygen atoms in total. The fraction of sp³-hybridized carbons (Fsp3) is 0.638. The van der Waals surface area contributed by atoms with E-state index in [4.69, 9.17) is 9.47 Å². The van der Waals surface area contributed by atoms with Crippen LogP contribution in [0.1, 0.15) is 98.0 Å². The molecule has 0 radical (unpaired) electrons. The topological polar surface area (TPSA) is 184 Å². The number of nitrogens with one attached hydrogen (secondary N) is 3. The van der Waals surface area contributed by atoms with E-state index in [0.29, 0.717) is 51.7 Å². The lowest BCUT2D eigenvalue weighted by atomic mass is 9.81. The first kappa shape index (κ1) is 47.8. The maximum absolute atomic E-state index is 15.2. The van der Waals surface area contributed by atoms with Crippen LogP contribution in [0, 0.1) is 29.1 Å². The quantitative estimate of drug-likeness (QED) is 0.141. The molecule has 0 bridgehead atoms. The summed E-state index contributed by atoms with van der Waals surface area (Å²) < 4.78 is 11.2. The maximum atomic E-state index is 15.2. The minimum absolute atomic E-state index is 0.0135. The van der Waals surface area contributed by atoms with Crippen molar-refractivity contribution in [3.05, 3.63) is 61.2 Å². The van der Waals surface area contributed by atoms with E-state index in [1.165, 1.54) is 11.0 Å². The van der Waals surface area contributed by atoms with Crippen molar-refractivity contribution in [3.8, 4) is 0 Å². The Bertz CT molecular complexity index is 1810. The molecule has 62 heavy (non-hydrogen) atoms. The molecule has 5 rings (SSSR count). The zero-order valence-corrected chi connectivity index (χ0v) is 37.5. The van der Waals surface area contributed by atoms with Crippen molar-refractivity contribution < 1.29 is 43.0 Å². The van der Waals surface area contributed by atoms with Crippen LogP contribution in [-0.4, -0.2) is 119 Å². The number of ketones is 1. The van der Waals surface area contributed by atoms with Gasteiger partial charge in [-0.2, -0.15) is 0 Å². The lowest BCUT2D eigenvalue weighted by Crippen LogP contribution is -2.62. The van der Waals surface area contributed by atoms with Gasteiger partial charge in [0.05, 0.1) is 6.04 Å². The van der Waals surface area contributed by atoms with Crippen molar-refractivity contribution in [3.63, 3.8) is 0 Å². The molecule has 0 aromatic heterocycles. The van der Waals surface area contributed by atoms with E-state index >= 15 is 4.79 Å². The molecule has 6 amide bonds. The summed E-state index contributed by atoms with van der Waals surface area (Å²) in [6.07, 6.45) is 7.24. The Balaban J connectivity index is 1.39.